The summed E-state index contributed by atoms with van der Waals surface area (Å²) in [4.78, 5) is 0. The van der Waals surface area contributed by atoms with Crippen LogP contribution in [0.5, 0.6) is 0 Å². The van der Waals surface area contributed by atoms with Crippen molar-refractivity contribution in [2.24, 2.45) is 0 Å². The molecule has 2 aliphatic rings. The van der Waals surface area contributed by atoms with Crippen LogP contribution in [0.25, 0.3) is 0 Å². The molecule has 1 aromatic rings. The van der Waals surface area contributed by atoms with Crippen molar-refractivity contribution in [3.63, 3.8) is 0 Å². The average Bonchev–Trinajstić information content (AvgIpc) is 2.96. The normalized spacial score (nSPS) is 27.9. The molecule has 5 nitrogen and oxygen atoms in total. The van der Waals surface area contributed by atoms with E-state index in [-0.39, 0.29) is 10.5 Å². The van der Waals surface area contributed by atoms with E-state index < -0.39 is 9.84 Å². The number of hydrogen-bond acceptors (Lipinski definition) is 6. The van der Waals surface area contributed by atoms with Gasteiger partial charge in [0.05, 0.1) is 5.25 Å². The van der Waals surface area contributed by atoms with Gasteiger partial charge in [-0.05, 0) is 32.1 Å². The predicted molar refractivity (Wildman–Crippen MR) is 86.9 cm³/mol. The van der Waals surface area contributed by atoms with E-state index in [0.717, 1.165) is 38.0 Å². The van der Waals surface area contributed by atoms with Gasteiger partial charge in [0.2, 0.25) is 5.89 Å². The van der Waals surface area contributed by atoms with Crippen LogP contribution in [0.1, 0.15) is 69.6 Å². The van der Waals surface area contributed by atoms with Gasteiger partial charge >= 0.3 is 0 Å². The standard InChI is InChI=1S/C15H24N2O3S2/c1-22(18,19)13-9-5-8-12(10-13)21-15-17-16-14(20-15)11-6-3-2-4-7-11/h11-13H,2-10H2,1H3/t12-,13+/m0/s1. The van der Waals surface area contributed by atoms with Crippen LogP contribution < -0.4 is 0 Å². The van der Waals surface area contributed by atoms with Crippen LogP contribution in [0.15, 0.2) is 9.64 Å². The molecule has 0 N–H and O–H groups in total. The molecular formula is C15H24N2O3S2. The van der Waals surface area contributed by atoms with Gasteiger partial charge in [-0.15, -0.1) is 10.2 Å². The number of hydrogen-bond donors (Lipinski definition) is 0. The van der Waals surface area contributed by atoms with Crippen molar-refractivity contribution in [3.8, 4) is 0 Å². The third-order valence-corrected chi connectivity index (χ3v) is 7.59. The summed E-state index contributed by atoms with van der Waals surface area (Å²) in [5, 5.41) is 9.06. The Morgan fingerprint density at radius 3 is 2.55 bits per heavy atom. The van der Waals surface area contributed by atoms with E-state index >= 15 is 0 Å². The maximum Gasteiger partial charge on any atom is 0.276 e. The van der Waals surface area contributed by atoms with Crippen LogP contribution in [-0.2, 0) is 9.84 Å². The minimum atomic E-state index is -2.94. The van der Waals surface area contributed by atoms with E-state index in [1.807, 2.05) is 0 Å². The van der Waals surface area contributed by atoms with Gasteiger partial charge in [0.25, 0.3) is 5.22 Å². The van der Waals surface area contributed by atoms with Crippen molar-refractivity contribution in [2.45, 2.75) is 79.4 Å². The largest absolute Gasteiger partial charge is 0.416 e. The van der Waals surface area contributed by atoms with E-state index in [4.69, 9.17) is 4.42 Å². The van der Waals surface area contributed by atoms with Crippen LogP contribution in [-0.4, -0.2) is 35.4 Å². The van der Waals surface area contributed by atoms with Gasteiger partial charge in [-0.3, -0.25) is 0 Å². The molecule has 0 amide bonds. The monoisotopic (exact) mass is 344 g/mol. The van der Waals surface area contributed by atoms with Crippen LogP contribution in [0, 0.1) is 0 Å². The van der Waals surface area contributed by atoms with Crippen LogP contribution in [0.3, 0.4) is 0 Å². The van der Waals surface area contributed by atoms with Crippen molar-refractivity contribution >= 4 is 21.6 Å². The van der Waals surface area contributed by atoms with Crippen LogP contribution in [0.4, 0.5) is 0 Å². The van der Waals surface area contributed by atoms with Gasteiger partial charge in [0.1, 0.15) is 9.84 Å². The van der Waals surface area contributed by atoms with Gasteiger partial charge in [0, 0.05) is 17.4 Å². The Bertz CT molecular complexity index is 594. The maximum absolute atomic E-state index is 11.7. The molecule has 124 valence electrons. The molecule has 0 bridgehead atoms. The first-order valence-electron chi connectivity index (χ1n) is 8.21. The lowest BCUT2D eigenvalue weighted by molar-refractivity contribution is 0.333. The fourth-order valence-corrected chi connectivity index (χ4v) is 5.94. The quantitative estimate of drug-likeness (QED) is 0.831. The highest BCUT2D eigenvalue weighted by Crippen LogP contribution is 2.37. The molecule has 1 aromatic heterocycles. The summed E-state index contributed by atoms with van der Waals surface area (Å²) < 4.78 is 29.3. The van der Waals surface area contributed by atoms with Crippen molar-refractivity contribution in [2.75, 3.05) is 6.26 Å². The molecule has 7 heteroatoms. The molecule has 0 unspecified atom stereocenters. The summed E-state index contributed by atoms with van der Waals surface area (Å²) in [7, 11) is -2.94. The number of aromatic nitrogens is 2. The number of thioether (sulfide) groups is 1. The minimum Gasteiger partial charge on any atom is -0.416 e. The van der Waals surface area contributed by atoms with Gasteiger partial charge in [-0.2, -0.15) is 0 Å². The molecule has 2 aliphatic carbocycles. The maximum atomic E-state index is 11.7. The molecule has 0 radical (unpaired) electrons. The second-order valence-electron chi connectivity index (χ2n) is 6.60. The first-order chi connectivity index (χ1) is 10.5. The van der Waals surface area contributed by atoms with Crippen LogP contribution >= 0.6 is 11.8 Å². The van der Waals surface area contributed by atoms with E-state index in [1.54, 1.807) is 11.8 Å². The fourth-order valence-electron chi connectivity index (χ4n) is 3.52. The minimum absolute atomic E-state index is 0.209. The highest BCUT2D eigenvalue weighted by Gasteiger charge is 2.30. The Balaban J connectivity index is 1.60. The molecule has 2 fully saturated rings. The summed E-state index contributed by atoms with van der Waals surface area (Å²) in [6.07, 6.45) is 10.9. The molecule has 0 aromatic carbocycles. The Kier molecular flexibility index (Phi) is 5.12. The molecule has 22 heavy (non-hydrogen) atoms. The highest BCUT2D eigenvalue weighted by molar-refractivity contribution is 7.99. The van der Waals surface area contributed by atoms with E-state index in [9.17, 15) is 8.42 Å². The Labute approximate surface area is 136 Å². The molecule has 2 atom stereocenters. The van der Waals surface area contributed by atoms with Gasteiger partial charge < -0.3 is 4.42 Å². The zero-order valence-corrected chi connectivity index (χ0v) is 14.7. The van der Waals surface area contributed by atoms with Gasteiger partial charge in [-0.1, -0.05) is 37.4 Å². The number of sulfone groups is 1. The highest BCUT2D eigenvalue weighted by atomic mass is 32.2. The molecule has 3 rings (SSSR count). The lowest BCUT2D eigenvalue weighted by Crippen LogP contribution is -2.28. The fraction of sp³-hybridized carbons (Fsp3) is 0.867. The topological polar surface area (TPSA) is 73.1 Å². The molecule has 0 spiro atoms. The van der Waals surface area contributed by atoms with Crippen molar-refractivity contribution < 1.29 is 12.8 Å². The van der Waals surface area contributed by atoms with Crippen molar-refractivity contribution in [1.82, 2.24) is 10.2 Å². The second-order valence-corrected chi connectivity index (χ2v) is 10.2. The second kappa shape index (κ2) is 6.91. The zero-order valence-electron chi connectivity index (χ0n) is 13.0. The summed E-state index contributed by atoms with van der Waals surface area (Å²) in [5.41, 5.74) is 0. The van der Waals surface area contributed by atoms with E-state index in [2.05, 4.69) is 10.2 Å². The predicted octanol–water partition coefficient (Wildman–Crippen LogP) is 3.57. The lowest BCUT2D eigenvalue weighted by Gasteiger charge is -2.26. The summed E-state index contributed by atoms with van der Waals surface area (Å²) >= 11 is 1.56. The summed E-state index contributed by atoms with van der Waals surface area (Å²) in [6.45, 7) is 0. The SMILES string of the molecule is CS(=O)(=O)[C@@H]1CCC[C@H](Sc2nnc(C3CCCCC3)o2)C1. The molecular weight excluding hydrogens is 320 g/mol. The summed E-state index contributed by atoms with van der Waals surface area (Å²) in [5.74, 6) is 1.20. The first kappa shape index (κ1) is 16.3. The Morgan fingerprint density at radius 1 is 1.05 bits per heavy atom. The summed E-state index contributed by atoms with van der Waals surface area (Å²) in [6, 6.07) is 0. The molecule has 1 heterocycles. The zero-order chi connectivity index (χ0) is 15.6. The van der Waals surface area contributed by atoms with Crippen LogP contribution in [0.2, 0.25) is 0 Å². The third kappa shape index (κ3) is 4.04. The number of rotatable bonds is 4. The molecule has 2 saturated carbocycles. The van der Waals surface area contributed by atoms with Crippen molar-refractivity contribution in [3.05, 3.63) is 5.89 Å². The van der Waals surface area contributed by atoms with Gasteiger partial charge in [0.15, 0.2) is 0 Å². The smallest absolute Gasteiger partial charge is 0.276 e. The molecule has 0 aliphatic heterocycles. The third-order valence-electron chi connectivity index (χ3n) is 4.83. The van der Waals surface area contributed by atoms with E-state index in [1.165, 1.54) is 25.5 Å². The molecule has 0 saturated heterocycles. The average molecular weight is 345 g/mol. The van der Waals surface area contributed by atoms with Gasteiger partial charge in [-0.25, -0.2) is 8.42 Å². The Morgan fingerprint density at radius 2 is 1.82 bits per heavy atom. The lowest BCUT2D eigenvalue weighted by atomic mass is 9.89. The van der Waals surface area contributed by atoms with Crippen molar-refractivity contribution in [1.29, 1.82) is 0 Å². The number of nitrogens with zero attached hydrogens (tertiary/aromatic N) is 2. The first-order valence-corrected chi connectivity index (χ1v) is 11.0. The Hall–Kier alpha value is -0.560. The van der Waals surface area contributed by atoms with E-state index in [0.29, 0.717) is 17.6 Å².